The van der Waals surface area contributed by atoms with Gasteiger partial charge in [-0.05, 0) is 31.4 Å². The number of halogens is 1. The number of nitrogens with zero attached hydrogens (tertiary/aromatic N) is 3. The number of benzene rings is 1. The molecule has 0 N–H and O–H groups in total. The van der Waals surface area contributed by atoms with E-state index in [4.69, 9.17) is 11.6 Å². The van der Waals surface area contributed by atoms with Crippen LogP contribution in [0.15, 0.2) is 24.3 Å². The molecule has 1 aliphatic carbocycles. The molecule has 0 spiro atoms. The van der Waals surface area contributed by atoms with Crippen molar-refractivity contribution in [3.05, 3.63) is 34.9 Å². The Hall–Kier alpha value is -1.59. The van der Waals surface area contributed by atoms with Crippen LogP contribution < -0.4 is 0 Å². The number of likely N-dealkylation sites (tertiary alicyclic amines) is 1. The van der Waals surface area contributed by atoms with E-state index < -0.39 is 0 Å². The SMILES string of the molecule is CC(c1ccccc1Cl)N1CCN(C(=O)C2CC(=O)N(C3CCCC3)C2)CC1. The molecule has 1 saturated carbocycles. The first-order chi connectivity index (χ1) is 13.5. The first kappa shape index (κ1) is 19.7. The monoisotopic (exact) mass is 403 g/mol. The van der Waals surface area contributed by atoms with Crippen molar-refractivity contribution in [2.75, 3.05) is 32.7 Å². The minimum atomic E-state index is -0.152. The highest BCUT2D eigenvalue weighted by Crippen LogP contribution is 2.31. The summed E-state index contributed by atoms with van der Waals surface area (Å²) >= 11 is 6.36. The third kappa shape index (κ3) is 3.92. The van der Waals surface area contributed by atoms with E-state index >= 15 is 0 Å². The van der Waals surface area contributed by atoms with E-state index in [0.29, 0.717) is 19.0 Å². The van der Waals surface area contributed by atoms with Crippen molar-refractivity contribution in [1.29, 1.82) is 0 Å². The van der Waals surface area contributed by atoms with Gasteiger partial charge >= 0.3 is 0 Å². The third-order valence-electron chi connectivity index (χ3n) is 6.80. The lowest BCUT2D eigenvalue weighted by Crippen LogP contribution is -2.51. The van der Waals surface area contributed by atoms with Crippen LogP contribution >= 0.6 is 11.6 Å². The Morgan fingerprint density at radius 2 is 1.79 bits per heavy atom. The zero-order valence-corrected chi connectivity index (χ0v) is 17.4. The van der Waals surface area contributed by atoms with E-state index in [1.807, 2.05) is 28.0 Å². The van der Waals surface area contributed by atoms with Gasteiger partial charge in [-0.3, -0.25) is 14.5 Å². The van der Waals surface area contributed by atoms with Gasteiger partial charge in [0.1, 0.15) is 0 Å². The van der Waals surface area contributed by atoms with Crippen LogP contribution in [-0.2, 0) is 9.59 Å². The van der Waals surface area contributed by atoms with E-state index in [2.05, 4.69) is 17.9 Å². The fourth-order valence-corrected chi connectivity index (χ4v) is 5.36. The largest absolute Gasteiger partial charge is 0.340 e. The average molecular weight is 404 g/mol. The molecule has 0 aromatic heterocycles. The minimum absolute atomic E-state index is 0.152. The molecule has 2 amide bonds. The lowest BCUT2D eigenvalue weighted by Gasteiger charge is -2.39. The zero-order chi connectivity index (χ0) is 19.7. The summed E-state index contributed by atoms with van der Waals surface area (Å²) in [6.45, 7) is 5.92. The second kappa shape index (κ2) is 8.42. The van der Waals surface area contributed by atoms with E-state index in [1.165, 1.54) is 12.8 Å². The fourth-order valence-electron chi connectivity index (χ4n) is 5.06. The van der Waals surface area contributed by atoms with Gasteiger partial charge in [0.2, 0.25) is 11.8 Å². The molecule has 2 atom stereocenters. The van der Waals surface area contributed by atoms with Crippen molar-refractivity contribution in [1.82, 2.24) is 14.7 Å². The summed E-state index contributed by atoms with van der Waals surface area (Å²) in [4.78, 5) is 31.8. The van der Waals surface area contributed by atoms with Crippen LogP contribution in [0.4, 0.5) is 0 Å². The van der Waals surface area contributed by atoms with Crippen LogP contribution in [0.5, 0.6) is 0 Å². The molecule has 2 aliphatic heterocycles. The summed E-state index contributed by atoms with van der Waals surface area (Å²) < 4.78 is 0. The summed E-state index contributed by atoms with van der Waals surface area (Å²) in [5, 5.41) is 0.796. The van der Waals surface area contributed by atoms with Crippen molar-refractivity contribution in [2.24, 2.45) is 5.92 Å². The summed E-state index contributed by atoms with van der Waals surface area (Å²) in [5.41, 5.74) is 1.14. The number of amides is 2. The molecule has 4 rings (SSSR count). The van der Waals surface area contributed by atoms with Gasteiger partial charge in [0.25, 0.3) is 0 Å². The maximum Gasteiger partial charge on any atom is 0.228 e. The predicted octanol–water partition coefficient (Wildman–Crippen LogP) is 3.34. The van der Waals surface area contributed by atoms with Crippen LogP contribution in [0.25, 0.3) is 0 Å². The summed E-state index contributed by atoms with van der Waals surface area (Å²) in [5.74, 6) is 0.191. The standard InChI is InChI=1S/C22H30ClN3O2/c1-16(19-8-4-5-9-20(19)23)24-10-12-25(13-11-24)22(28)17-14-21(27)26(15-17)18-6-2-3-7-18/h4-5,8-9,16-18H,2-3,6-7,10-15H2,1H3. The van der Waals surface area contributed by atoms with Gasteiger partial charge in [0.15, 0.2) is 0 Å². The van der Waals surface area contributed by atoms with Gasteiger partial charge in [0.05, 0.1) is 5.92 Å². The van der Waals surface area contributed by atoms with Crippen molar-refractivity contribution in [3.8, 4) is 0 Å². The molecule has 0 bridgehead atoms. The van der Waals surface area contributed by atoms with Gasteiger partial charge in [-0.2, -0.15) is 0 Å². The van der Waals surface area contributed by atoms with Gasteiger partial charge in [-0.1, -0.05) is 42.6 Å². The zero-order valence-electron chi connectivity index (χ0n) is 16.6. The van der Waals surface area contributed by atoms with Crippen LogP contribution in [0, 0.1) is 5.92 Å². The normalized spacial score (nSPS) is 25.5. The van der Waals surface area contributed by atoms with Crippen LogP contribution in [0.1, 0.15) is 50.6 Å². The van der Waals surface area contributed by atoms with Gasteiger partial charge in [0, 0.05) is 56.3 Å². The van der Waals surface area contributed by atoms with Crippen molar-refractivity contribution in [2.45, 2.75) is 51.1 Å². The van der Waals surface area contributed by atoms with Gasteiger partial charge < -0.3 is 9.80 Å². The van der Waals surface area contributed by atoms with Crippen LogP contribution in [0.3, 0.4) is 0 Å². The highest BCUT2D eigenvalue weighted by atomic mass is 35.5. The molecular formula is C22H30ClN3O2. The number of rotatable bonds is 4. The fraction of sp³-hybridized carbons (Fsp3) is 0.636. The Labute approximate surface area is 172 Å². The average Bonchev–Trinajstić information content (AvgIpc) is 3.37. The second-order valence-electron chi connectivity index (χ2n) is 8.44. The molecule has 1 aromatic rings. The topological polar surface area (TPSA) is 43.9 Å². The molecule has 2 heterocycles. The molecule has 5 nitrogen and oxygen atoms in total. The molecule has 28 heavy (non-hydrogen) atoms. The number of carbonyl (C=O) groups is 2. The molecule has 1 aromatic carbocycles. The maximum atomic E-state index is 13.0. The van der Waals surface area contributed by atoms with Crippen molar-refractivity contribution >= 4 is 23.4 Å². The van der Waals surface area contributed by atoms with E-state index in [-0.39, 0.29) is 23.8 Å². The summed E-state index contributed by atoms with van der Waals surface area (Å²) in [7, 11) is 0. The van der Waals surface area contributed by atoms with E-state index in [9.17, 15) is 9.59 Å². The highest BCUT2D eigenvalue weighted by molar-refractivity contribution is 6.31. The molecule has 2 unspecified atom stereocenters. The Balaban J connectivity index is 1.32. The molecular weight excluding hydrogens is 374 g/mol. The number of piperazine rings is 1. The minimum Gasteiger partial charge on any atom is -0.340 e. The number of hydrogen-bond donors (Lipinski definition) is 0. The lowest BCUT2D eigenvalue weighted by molar-refractivity contribution is -0.137. The van der Waals surface area contributed by atoms with E-state index in [0.717, 1.165) is 49.6 Å². The van der Waals surface area contributed by atoms with Crippen LogP contribution in [0.2, 0.25) is 5.02 Å². The van der Waals surface area contributed by atoms with Crippen molar-refractivity contribution in [3.63, 3.8) is 0 Å². The highest BCUT2D eigenvalue weighted by Gasteiger charge is 2.40. The molecule has 3 aliphatic rings. The quantitative estimate of drug-likeness (QED) is 0.774. The number of carbonyl (C=O) groups excluding carboxylic acids is 2. The lowest BCUT2D eigenvalue weighted by atomic mass is 10.0. The van der Waals surface area contributed by atoms with Crippen molar-refractivity contribution < 1.29 is 9.59 Å². The molecule has 2 saturated heterocycles. The summed E-state index contributed by atoms with van der Waals surface area (Å²) in [6.07, 6.45) is 5.01. The Morgan fingerprint density at radius 1 is 1.11 bits per heavy atom. The van der Waals surface area contributed by atoms with Gasteiger partial charge in [-0.25, -0.2) is 0 Å². The smallest absolute Gasteiger partial charge is 0.228 e. The molecule has 3 fully saturated rings. The number of hydrogen-bond acceptors (Lipinski definition) is 3. The predicted molar refractivity (Wildman–Crippen MR) is 110 cm³/mol. The Morgan fingerprint density at radius 3 is 2.46 bits per heavy atom. The first-order valence-corrected chi connectivity index (χ1v) is 11.0. The van der Waals surface area contributed by atoms with Crippen LogP contribution in [-0.4, -0.2) is 65.3 Å². The van der Waals surface area contributed by atoms with Gasteiger partial charge in [-0.15, -0.1) is 0 Å². The molecule has 0 radical (unpaired) electrons. The Kier molecular flexibility index (Phi) is 5.93. The Bertz CT molecular complexity index is 726. The maximum absolute atomic E-state index is 13.0. The van der Waals surface area contributed by atoms with E-state index in [1.54, 1.807) is 0 Å². The second-order valence-corrected chi connectivity index (χ2v) is 8.85. The molecule has 6 heteroatoms. The molecule has 152 valence electrons. The summed E-state index contributed by atoms with van der Waals surface area (Å²) in [6, 6.07) is 8.58. The third-order valence-corrected chi connectivity index (χ3v) is 7.15. The first-order valence-electron chi connectivity index (χ1n) is 10.6.